The molecule has 0 aliphatic carbocycles. The van der Waals surface area contributed by atoms with Crippen molar-refractivity contribution in [3.63, 3.8) is 0 Å². The van der Waals surface area contributed by atoms with Crippen LogP contribution in [0, 0.1) is 5.82 Å². The molecule has 1 N–H and O–H groups in total. The molecule has 33 heavy (non-hydrogen) atoms. The molecule has 0 saturated heterocycles. The van der Waals surface area contributed by atoms with Crippen molar-refractivity contribution in [3.05, 3.63) is 84.2 Å². The third-order valence-corrected chi connectivity index (χ3v) is 6.33. The summed E-state index contributed by atoms with van der Waals surface area (Å²) in [6.07, 6.45) is -4.53. The van der Waals surface area contributed by atoms with E-state index in [1.807, 2.05) is 0 Å². The van der Waals surface area contributed by atoms with Crippen LogP contribution in [0.4, 0.5) is 28.9 Å². The number of ether oxygens (including phenoxy) is 1. The number of hydrogen-bond donors (Lipinski definition) is 1. The first-order valence-electron chi connectivity index (χ1n) is 9.40. The summed E-state index contributed by atoms with van der Waals surface area (Å²) in [4.78, 5) is 12.4. The lowest BCUT2D eigenvalue weighted by atomic mass is 10.2. The maximum absolute atomic E-state index is 13.3. The molecule has 1 amide bonds. The summed E-state index contributed by atoms with van der Waals surface area (Å²) in [5.74, 6) is -0.978. The molecule has 0 saturated carbocycles. The molecule has 0 atom stereocenters. The highest BCUT2D eigenvalue weighted by Crippen LogP contribution is 2.30. The van der Waals surface area contributed by atoms with Crippen LogP contribution in [-0.2, 0) is 21.0 Å². The first kappa shape index (κ1) is 24.1. The molecule has 3 aromatic rings. The number of alkyl halides is 3. The van der Waals surface area contributed by atoms with Crippen LogP contribution in [0.1, 0.15) is 5.56 Å². The monoisotopic (exact) mass is 482 g/mol. The van der Waals surface area contributed by atoms with Crippen LogP contribution in [0.5, 0.6) is 5.75 Å². The Morgan fingerprint density at radius 1 is 0.939 bits per heavy atom. The highest BCUT2D eigenvalue weighted by molar-refractivity contribution is 7.92. The van der Waals surface area contributed by atoms with E-state index < -0.39 is 40.0 Å². The molecule has 0 spiro atoms. The molecule has 3 aromatic carbocycles. The van der Waals surface area contributed by atoms with E-state index in [1.54, 1.807) is 0 Å². The lowest BCUT2D eigenvalue weighted by molar-refractivity contribution is -0.137. The van der Waals surface area contributed by atoms with E-state index in [-0.39, 0.29) is 16.3 Å². The molecule has 0 heterocycles. The van der Waals surface area contributed by atoms with E-state index in [0.717, 1.165) is 52.8 Å². The molecule has 0 aliphatic heterocycles. The fourth-order valence-corrected chi connectivity index (χ4v) is 4.29. The van der Waals surface area contributed by atoms with Gasteiger partial charge in [0, 0.05) is 5.69 Å². The van der Waals surface area contributed by atoms with Crippen LogP contribution < -0.4 is 14.4 Å². The Morgan fingerprint density at radius 2 is 1.52 bits per heavy atom. The van der Waals surface area contributed by atoms with Gasteiger partial charge in [-0.05, 0) is 72.8 Å². The zero-order valence-electron chi connectivity index (χ0n) is 17.1. The molecule has 0 aliphatic rings. The Bertz CT molecular complexity index is 1210. The number of halogens is 4. The molecule has 174 valence electrons. The van der Waals surface area contributed by atoms with Crippen molar-refractivity contribution in [1.82, 2.24) is 0 Å². The quantitative estimate of drug-likeness (QED) is 0.496. The normalized spacial score (nSPS) is 11.7. The predicted molar refractivity (Wildman–Crippen MR) is 114 cm³/mol. The Labute approximate surface area is 187 Å². The molecule has 6 nitrogen and oxygen atoms in total. The van der Waals surface area contributed by atoms with Gasteiger partial charge in [0.15, 0.2) is 0 Å². The third kappa shape index (κ3) is 5.80. The summed E-state index contributed by atoms with van der Waals surface area (Å²) >= 11 is 0. The van der Waals surface area contributed by atoms with E-state index in [1.165, 1.54) is 31.4 Å². The van der Waals surface area contributed by atoms with Crippen LogP contribution in [0.25, 0.3) is 0 Å². The molecule has 0 fully saturated rings. The summed E-state index contributed by atoms with van der Waals surface area (Å²) in [7, 11) is -2.86. The number of hydrogen-bond acceptors (Lipinski definition) is 4. The number of sulfonamides is 1. The topological polar surface area (TPSA) is 75.7 Å². The van der Waals surface area contributed by atoms with E-state index in [4.69, 9.17) is 4.74 Å². The third-order valence-electron chi connectivity index (χ3n) is 4.55. The van der Waals surface area contributed by atoms with Crippen LogP contribution in [-0.4, -0.2) is 28.0 Å². The SMILES string of the molecule is COc1ccc(N(CC(=O)Nc2ccc(C(F)(F)F)cc2)S(=O)(=O)c2ccc(F)cc2)cc1. The highest BCUT2D eigenvalue weighted by atomic mass is 32.2. The number of amides is 1. The minimum atomic E-state index is -4.53. The number of carbonyl (C=O) groups is 1. The van der Waals surface area contributed by atoms with Gasteiger partial charge in [-0.25, -0.2) is 12.8 Å². The van der Waals surface area contributed by atoms with Gasteiger partial charge in [-0.3, -0.25) is 9.10 Å². The number of nitrogens with zero attached hydrogens (tertiary/aromatic N) is 1. The summed E-state index contributed by atoms with van der Waals surface area (Å²) in [6.45, 7) is -0.687. The number of benzene rings is 3. The van der Waals surface area contributed by atoms with Crippen molar-refractivity contribution in [1.29, 1.82) is 0 Å². The highest BCUT2D eigenvalue weighted by Gasteiger charge is 2.30. The average Bonchev–Trinajstić information content (AvgIpc) is 2.77. The molecular formula is C22H18F4N2O4S. The fraction of sp³-hybridized carbons (Fsp3) is 0.136. The fourth-order valence-electron chi connectivity index (χ4n) is 2.87. The maximum atomic E-state index is 13.3. The van der Waals surface area contributed by atoms with Crippen molar-refractivity contribution in [3.8, 4) is 5.75 Å². The first-order valence-corrected chi connectivity index (χ1v) is 10.8. The first-order chi connectivity index (χ1) is 15.5. The standard InChI is InChI=1S/C22H18F4N2O4S/c1-32-19-10-8-18(9-11-19)28(33(30,31)20-12-4-16(23)5-13-20)14-21(29)27-17-6-2-15(3-7-17)22(24,25)26/h2-13H,14H2,1H3,(H,27,29). The molecule has 0 bridgehead atoms. The second kappa shape index (κ2) is 9.49. The van der Waals surface area contributed by atoms with E-state index in [0.29, 0.717) is 5.75 Å². The molecule has 3 rings (SSSR count). The second-order valence-electron chi connectivity index (χ2n) is 6.79. The van der Waals surface area contributed by atoms with Crippen molar-refractivity contribution in [2.24, 2.45) is 0 Å². The lowest BCUT2D eigenvalue weighted by Crippen LogP contribution is -2.38. The van der Waals surface area contributed by atoms with Crippen LogP contribution in [0.3, 0.4) is 0 Å². The van der Waals surface area contributed by atoms with Crippen LogP contribution in [0.2, 0.25) is 0 Å². The van der Waals surface area contributed by atoms with E-state index in [9.17, 15) is 30.8 Å². The van der Waals surface area contributed by atoms with Gasteiger partial charge in [-0.15, -0.1) is 0 Å². The zero-order chi connectivity index (χ0) is 24.2. The summed E-state index contributed by atoms with van der Waals surface area (Å²) in [5.41, 5.74) is -0.705. The number of rotatable bonds is 7. The molecule has 0 radical (unpaired) electrons. The van der Waals surface area contributed by atoms with Crippen molar-refractivity contribution in [2.45, 2.75) is 11.1 Å². The number of nitrogens with one attached hydrogen (secondary N) is 1. The zero-order valence-corrected chi connectivity index (χ0v) is 18.0. The van der Waals surface area contributed by atoms with Crippen LogP contribution >= 0.6 is 0 Å². The molecule has 0 unspecified atom stereocenters. The van der Waals surface area contributed by atoms with Gasteiger partial charge < -0.3 is 10.1 Å². The summed E-state index contributed by atoms with van der Waals surface area (Å²) < 4.78 is 83.7. The second-order valence-corrected chi connectivity index (χ2v) is 8.65. The van der Waals surface area contributed by atoms with Gasteiger partial charge in [-0.1, -0.05) is 0 Å². The predicted octanol–water partition coefficient (Wildman–Crippen LogP) is 4.69. The van der Waals surface area contributed by atoms with Crippen LogP contribution in [0.15, 0.2) is 77.7 Å². The van der Waals surface area contributed by atoms with E-state index >= 15 is 0 Å². The van der Waals surface area contributed by atoms with Gasteiger partial charge in [0.1, 0.15) is 18.1 Å². The Kier molecular flexibility index (Phi) is 6.92. The number of carbonyl (C=O) groups excluding carboxylic acids is 1. The molecular weight excluding hydrogens is 464 g/mol. The Morgan fingerprint density at radius 3 is 2.03 bits per heavy atom. The number of anilines is 2. The maximum Gasteiger partial charge on any atom is 0.416 e. The Hall–Kier alpha value is -3.60. The van der Waals surface area contributed by atoms with Gasteiger partial charge in [0.05, 0.1) is 23.3 Å². The minimum Gasteiger partial charge on any atom is -0.497 e. The Balaban J connectivity index is 1.89. The molecule has 0 aromatic heterocycles. The van der Waals surface area contributed by atoms with Crippen molar-refractivity contribution in [2.75, 3.05) is 23.3 Å². The van der Waals surface area contributed by atoms with Crippen molar-refractivity contribution >= 4 is 27.3 Å². The summed E-state index contributed by atoms with van der Waals surface area (Å²) in [5, 5.41) is 2.38. The van der Waals surface area contributed by atoms with Gasteiger partial charge >= 0.3 is 6.18 Å². The van der Waals surface area contributed by atoms with Gasteiger partial charge in [-0.2, -0.15) is 13.2 Å². The van der Waals surface area contributed by atoms with Gasteiger partial charge in [0.2, 0.25) is 5.91 Å². The van der Waals surface area contributed by atoms with Gasteiger partial charge in [0.25, 0.3) is 10.0 Å². The largest absolute Gasteiger partial charge is 0.497 e. The summed E-state index contributed by atoms with van der Waals surface area (Å²) in [6, 6.07) is 13.6. The van der Waals surface area contributed by atoms with Crippen molar-refractivity contribution < 1.29 is 35.5 Å². The average molecular weight is 482 g/mol. The smallest absolute Gasteiger partial charge is 0.416 e. The lowest BCUT2D eigenvalue weighted by Gasteiger charge is -2.24. The minimum absolute atomic E-state index is 0.0573. The van der Waals surface area contributed by atoms with E-state index in [2.05, 4.69) is 5.32 Å². The number of methoxy groups -OCH3 is 1. The molecule has 11 heteroatoms.